The largest absolute Gasteiger partial charge is 0.494 e. The summed E-state index contributed by atoms with van der Waals surface area (Å²) >= 11 is 0. The molecule has 0 bridgehead atoms. The fourth-order valence-corrected chi connectivity index (χ4v) is 3.54. The number of rotatable bonds is 18. The van der Waals surface area contributed by atoms with Crippen molar-refractivity contribution in [3.8, 4) is 11.5 Å². The van der Waals surface area contributed by atoms with E-state index in [0.717, 1.165) is 37.0 Å². The highest BCUT2D eigenvalue weighted by Crippen LogP contribution is 2.15. The van der Waals surface area contributed by atoms with Crippen molar-refractivity contribution in [2.75, 3.05) is 39.5 Å². The molecular weight excluding hydrogens is 460 g/mol. The van der Waals surface area contributed by atoms with E-state index < -0.39 is 12.1 Å². The monoisotopic (exact) mass is 500 g/mol. The van der Waals surface area contributed by atoms with Gasteiger partial charge in [0.15, 0.2) is 6.10 Å². The number of carboxylic acid groups (broad SMARTS) is 1. The van der Waals surface area contributed by atoms with E-state index in [2.05, 4.69) is 12.2 Å². The average Bonchev–Trinajstić information content (AvgIpc) is 2.88. The Kier molecular flexibility index (Phi) is 13.9. The number of hydrogen-bond acceptors (Lipinski definition) is 5. The van der Waals surface area contributed by atoms with Gasteiger partial charge in [0.2, 0.25) is 0 Å². The molecule has 2 amide bonds. The molecule has 0 aliphatic carbocycles. The van der Waals surface area contributed by atoms with Gasteiger partial charge in [0.1, 0.15) is 18.1 Å². The molecule has 8 nitrogen and oxygen atoms in total. The number of nitrogens with zero attached hydrogens (tertiary/aromatic N) is 1. The number of ether oxygens (including phenoxy) is 3. The number of carbonyl (C=O) groups is 2. The van der Waals surface area contributed by atoms with Crippen molar-refractivity contribution >= 4 is 12.0 Å². The fourth-order valence-electron chi connectivity index (χ4n) is 3.54. The Morgan fingerprint density at radius 3 is 2.25 bits per heavy atom. The molecule has 0 spiro atoms. The van der Waals surface area contributed by atoms with Gasteiger partial charge in [-0.25, -0.2) is 9.59 Å². The van der Waals surface area contributed by atoms with Crippen LogP contribution in [-0.4, -0.2) is 67.6 Å². The third-order valence-corrected chi connectivity index (χ3v) is 5.55. The SMILES string of the molecule is CCCCNC(=O)N(CCCCOc1ccccc1)CCOc1ccc(CC(OCC)C(=O)O)cc1. The van der Waals surface area contributed by atoms with E-state index in [1.807, 2.05) is 54.6 Å². The number of amides is 2. The summed E-state index contributed by atoms with van der Waals surface area (Å²) in [5, 5.41) is 12.2. The van der Waals surface area contributed by atoms with Crippen LogP contribution < -0.4 is 14.8 Å². The molecule has 0 fully saturated rings. The maximum Gasteiger partial charge on any atom is 0.333 e. The van der Waals surface area contributed by atoms with Gasteiger partial charge in [-0.05, 0) is 56.0 Å². The molecule has 0 aliphatic heterocycles. The molecule has 0 aliphatic rings. The lowest BCUT2D eigenvalue weighted by molar-refractivity contribution is -0.149. The van der Waals surface area contributed by atoms with Gasteiger partial charge in [-0.2, -0.15) is 0 Å². The zero-order valence-corrected chi connectivity index (χ0v) is 21.5. The lowest BCUT2D eigenvalue weighted by Gasteiger charge is -2.23. The predicted octanol–water partition coefficient (Wildman–Crippen LogP) is 4.77. The molecule has 8 heteroatoms. The third-order valence-electron chi connectivity index (χ3n) is 5.55. The van der Waals surface area contributed by atoms with Crippen LogP contribution in [0.2, 0.25) is 0 Å². The molecular formula is C28H40N2O6. The van der Waals surface area contributed by atoms with Crippen LogP contribution in [-0.2, 0) is 16.0 Å². The first-order valence-electron chi connectivity index (χ1n) is 12.8. The molecule has 0 saturated carbocycles. The number of benzene rings is 2. The zero-order valence-electron chi connectivity index (χ0n) is 21.5. The lowest BCUT2D eigenvalue weighted by atomic mass is 10.1. The highest BCUT2D eigenvalue weighted by atomic mass is 16.5. The van der Waals surface area contributed by atoms with Crippen molar-refractivity contribution in [2.45, 2.75) is 52.1 Å². The summed E-state index contributed by atoms with van der Waals surface area (Å²) in [6, 6.07) is 16.9. The van der Waals surface area contributed by atoms with Crippen LogP contribution in [0.3, 0.4) is 0 Å². The van der Waals surface area contributed by atoms with Crippen LogP contribution in [0.4, 0.5) is 4.79 Å². The molecule has 2 aromatic carbocycles. The van der Waals surface area contributed by atoms with Gasteiger partial charge in [0.05, 0.1) is 13.2 Å². The van der Waals surface area contributed by atoms with E-state index in [0.29, 0.717) is 51.6 Å². The standard InChI is InChI=1S/C28H40N2O6/c1-3-5-17-29-28(33)30(18-9-10-20-35-24-11-7-6-8-12-24)19-21-36-25-15-13-23(14-16-25)22-26(27(31)32)34-4-2/h6-8,11-16,26H,3-5,9-10,17-22H2,1-2H3,(H,29,33)(H,31,32). The summed E-state index contributed by atoms with van der Waals surface area (Å²) in [7, 11) is 0. The summed E-state index contributed by atoms with van der Waals surface area (Å²) < 4.78 is 16.9. The second-order valence-corrected chi connectivity index (χ2v) is 8.42. The number of unbranched alkanes of at least 4 members (excludes halogenated alkanes) is 2. The first-order valence-corrected chi connectivity index (χ1v) is 12.8. The average molecular weight is 501 g/mol. The van der Waals surface area contributed by atoms with Gasteiger partial charge in [-0.3, -0.25) is 0 Å². The normalized spacial score (nSPS) is 11.5. The van der Waals surface area contributed by atoms with Crippen molar-refractivity contribution in [1.82, 2.24) is 10.2 Å². The van der Waals surface area contributed by atoms with Crippen molar-refractivity contribution in [3.05, 3.63) is 60.2 Å². The Morgan fingerprint density at radius 1 is 0.889 bits per heavy atom. The molecule has 198 valence electrons. The molecule has 0 radical (unpaired) electrons. The lowest BCUT2D eigenvalue weighted by Crippen LogP contribution is -2.43. The van der Waals surface area contributed by atoms with Crippen molar-refractivity contribution in [3.63, 3.8) is 0 Å². The van der Waals surface area contributed by atoms with Gasteiger partial charge >= 0.3 is 12.0 Å². The van der Waals surface area contributed by atoms with Crippen LogP contribution in [0.15, 0.2) is 54.6 Å². The maximum absolute atomic E-state index is 12.7. The highest BCUT2D eigenvalue weighted by Gasteiger charge is 2.18. The Labute approximate surface area is 214 Å². The molecule has 0 saturated heterocycles. The van der Waals surface area contributed by atoms with E-state index in [9.17, 15) is 14.7 Å². The van der Waals surface area contributed by atoms with E-state index >= 15 is 0 Å². The molecule has 36 heavy (non-hydrogen) atoms. The summed E-state index contributed by atoms with van der Waals surface area (Å²) in [5.74, 6) is 0.549. The first kappa shape index (κ1) is 29.0. The Morgan fingerprint density at radius 2 is 1.58 bits per heavy atom. The number of nitrogens with one attached hydrogen (secondary N) is 1. The quantitative estimate of drug-likeness (QED) is 0.286. The van der Waals surface area contributed by atoms with Crippen LogP contribution in [0.25, 0.3) is 0 Å². The van der Waals surface area contributed by atoms with Crippen molar-refractivity contribution in [2.24, 2.45) is 0 Å². The second kappa shape index (κ2) is 17.2. The molecule has 0 aromatic heterocycles. The number of aliphatic carboxylic acids is 1. The van der Waals surface area contributed by atoms with Crippen LogP contribution in [0.5, 0.6) is 11.5 Å². The minimum absolute atomic E-state index is 0.0815. The summed E-state index contributed by atoms with van der Waals surface area (Å²) in [6.45, 7) is 6.91. The minimum atomic E-state index is -0.971. The van der Waals surface area contributed by atoms with E-state index in [1.165, 1.54) is 0 Å². The van der Waals surface area contributed by atoms with Gasteiger partial charge < -0.3 is 29.5 Å². The number of para-hydroxylation sites is 1. The van der Waals surface area contributed by atoms with Gasteiger partial charge in [0.25, 0.3) is 0 Å². The molecule has 1 unspecified atom stereocenters. The van der Waals surface area contributed by atoms with Crippen molar-refractivity contribution in [1.29, 1.82) is 0 Å². The fraction of sp³-hybridized carbons (Fsp3) is 0.500. The van der Waals surface area contributed by atoms with E-state index in [1.54, 1.807) is 11.8 Å². The predicted molar refractivity (Wildman–Crippen MR) is 140 cm³/mol. The highest BCUT2D eigenvalue weighted by molar-refractivity contribution is 5.74. The number of carboxylic acids is 1. The summed E-state index contributed by atoms with van der Waals surface area (Å²) in [6.07, 6.45) is 3.07. The van der Waals surface area contributed by atoms with Gasteiger partial charge in [0, 0.05) is 26.1 Å². The Bertz CT molecular complexity index is 875. The minimum Gasteiger partial charge on any atom is -0.494 e. The van der Waals surface area contributed by atoms with Crippen molar-refractivity contribution < 1.29 is 28.9 Å². The maximum atomic E-state index is 12.7. The number of hydrogen-bond donors (Lipinski definition) is 2. The Balaban J connectivity index is 1.79. The second-order valence-electron chi connectivity index (χ2n) is 8.42. The van der Waals surface area contributed by atoms with E-state index in [4.69, 9.17) is 14.2 Å². The van der Waals surface area contributed by atoms with Crippen LogP contribution in [0.1, 0.15) is 45.1 Å². The van der Waals surface area contributed by atoms with E-state index in [-0.39, 0.29) is 6.03 Å². The molecule has 2 aromatic rings. The van der Waals surface area contributed by atoms with Crippen LogP contribution in [0, 0.1) is 0 Å². The summed E-state index contributed by atoms with van der Waals surface area (Å²) in [4.78, 5) is 25.7. The number of urea groups is 1. The molecule has 2 rings (SSSR count). The van der Waals surface area contributed by atoms with Gasteiger partial charge in [-0.15, -0.1) is 0 Å². The molecule has 0 heterocycles. The zero-order chi connectivity index (χ0) is 26.0. The summed E-state index contributed by atoms with van der Waals surface area (Å²) in [5.41, 5.74) is 0.859. The first-order chi connectivity index (χ1) is 17.5. The third kappa shape index (κ3) is 11.4. The van der Waals surface area contributed by atoms with Gasteiger partial charge in [-0.1, -0.05) is 43.7 Å². The van der Waals surface area contributed by atoms with Crippen LogP contribution >= 0.6 is 0 Å². The molecule has 2 N–H and O–H groups in total. The smallest absolute Gasteiger partial charge is 0.333 e. The molecule has 1 atom stereocenters. The Hall–Kier alpha value is -3.26. The number of carbonyl (C=O) groups excluding carboxylic acids is 1. The topological polar surface area (TPSA) is 97.3 Å².